The molecule has 5 aromatic rings. The maximum atomic E-state index is 12.7. The first-order chi connectivity index (χ1) is 23.3. The van der Waals surface area contributed by atoms with Crippen molar-refractivity contribution in [2.24, 2.45) is 5.92 Å². The molecule has 0 bridgehead atoms. The molecule has 0 spiro atoms. The summed E-state index contributed by atoms with van der Waals surface area (Å²) in [6.07, 6.45) is -0.909. The minimum atomic E-state index is -3.61. The standard InChI is InChI=1S/C39H39NO6S2/c1-27-36(26-47-37-14-7-6-13-35(37)44-2)45-39(46-38(27)31-17-15-28(25-41)16-18-31)32-21-19-30(20-22-32)33-10-8-9-29(23-33)24-40-48(42,43)34-11-4-3-5-12-34/h3-23,27,36,38-41H,24-26H2,1-2H3/t27-,36+,38+,39+/m0/s1. The van der Waals surface area contributed by atoms with Gasteiger partial charge in [-0.3, -0.25) is 0 Å². The fourth-order valence-electron chi connectivity index (χ4n) is 5.77. The van der Waals surface area contributed by atoms with Crippen molar-refractivity contribution in [2.45, 2.75) is 48.4 Å². The Kier molecular flexibility index (Phi) is 11.0. The maximum absolute atomic E-state index is 12.7. The zero-order chi connectivity index (χ0) is 33.5. The Morgan fingerprint density at radius 3 is 2.21 bits per heavy atom. The summed E-state index contributed by atoms with van der Waals surface area (Å²) in [6.45, 7) is 2.33. The van der Waals surface area contributed by atoms with Crippen molar-refractivity contribution in [1.82, 2.24) is 4.72 Å². The first-order valence-electron chi connectivity index (χ1n) is 15.8. The van der Waals surface area contributed by atoms with Crippen LogP contribution >= 0.6 is 11.8 Å². The number of rotatable bonds is 12. The summed E-state index contributed by atoms with van der Waals surface area (Å²) in [5.41, 5.74) is 5.62. The summed E-state index contributed by atoms with van der Waals surface area (Å²) in [5.74, 6) is 1.61. The molecule has 0 amide bonds. The highest BCUT2D eigenvalue weighted by Gasteiger charge is 2.38. The van der Waals surface area contributed by atoms with Crippen LogP contribution in [0.25, 0.3) is 11.1 Å². The normalized spacial score (nSPS) is 19.6. The second-order valence-corrected chi connectivity index (χ2v) is 14.6. The molecule has 0 unspecified atom stereocenters. The maximum Gasteiger partial charge on any atom is 0.240 e. The third-order valence-corrected chi connectivity index (χ3v) is 11.1. The van der Waals surface area contributed by atoms with Gasteiger partial charge < -0.3 is 19.3 Å². The van der Waals surface area contributed by atoms with Crippen LogP contribution in [-0.2, 0) is 32.6 Å². The molecular formula is C39H39NO6S2. The number of hydrogen-bond acceptors (Lipinski definition) is 7. The molecule has 248 valence electrons. The van der Waals surface area contributed by atoms with E-state index in [0.717, 1.165) is 44.0 Å². The van der Waals surface area contributed by atoms with Crippen LogP contribution in [0.15, 0.2) is 137 Å². The summed E-state index contributed by atoms with van der Waals surface area (Å²) in [4.78, 5) is 1.30. The molecule has 1 saturated heterocycles. The van der Waals surface area contributed by atoms with Gasteiger partial charge in [0, 0.05) is 28.7 Å². The fourth-order valence-corrected chi connectivity index (χ4v) is 8.01. The smallest absolute Gasteiger partial charge is 0.240 e. The molecule has 4 atom stereocenters. The average molecular weight is 682 g/mol. The lowest BCUT2D eigenvalue weighted by molar-refractivity contribution is -0.268. The van der Waals surface area contributed by atoms with E-state index in [4.69, 9.17) is 14.2 Å². The van der Waals surface area contributed by atoms with Crippen molar-refractivity contribution in [1.29, 1.82) is 0 Å². The molecule has 1 fully saturated rings. The van der Waals surface area contributed by atoms with Gasteiger partial charge in [0.15, 0.2) is 6.29 Å². The summed E-state index contributed by atoms with van der Waals surface area (Å²) < 4.78 is 47.0. The molecule has 0 aliphatic carbocycles. The highest BCUT2D eigenvalue weighted by molar-refractivity contribution is 7.99. The third-order valence-electron chi connectivity index (χ3n) is 8.56. The quantitative estimate of drug-likeness (QED) is 0.129. The summed E-state index contributed by atoms with van der Waals surface area (Å²) in [5, 5.41) is 9.57. The van der Waals surface area contributed by atoms with Gasteiger partial charge in [-0.05, 0) is 58.1 Å². The Hall–Kier alpha value is -3.96. The highest BCUT2D eigenvalue weighted by Crippen LogP contribution is 2.44. The molecule has 7 nitrogen and oxygen atoms in total. The predicted molar refractivity (Wildman–Crippen MR) is 189 cm³/mol. The van der Waals surface area contributed by atoms with Gasteiger partial charge in [0.2, 0.25) is 10.0 Å². The first kappa shape index (κ1) is 33.9. The number of benzene rings is 5. The molecule has 5 aromatic carbocycles. The van der Waals surface area contributed by atoms with Crippen molar-refractivity contribution < 1.29 is 27.7 Å². The minimum absolute atomic E-state index is 0.0101. The second-order valence-electron chi connectivity index (χ2n) is 11.7. The molecule has 1 aliphatic heterocycles. The molecular weight excluding hydrogens is 643 g/mol. The SMILES string of the molecule is COc1ccccc1SC[C@H]1O[C@@H](c2ccc(-c3cccc(CNS(=O)(=O)c4ccccc4)c3)cc2)O[C@@H](c2ccc(CO)cc2)[C@H]1C. The van der Waals surface area contributed by atoms with Gasteiger partial charge in [0.25, 0.3) is 0 Å². The van der Waals surface area contributed by atoms with Crippen molar-refractivity contribution >= 4 is 21.8 Å². The predicted octanol–water partition coefficient (Wildman–Crippen LogP) is 7.92. The number of aliphatic hydroxyl groups excluding tert-OH is 1. The number of aliphatic hydroxyl groups is 1. The van der Waals surface area contributed by atoms with Crippen LogP contribution in [0.2, 0.25) is 0 Å². The minimum Gasteiger partial charge on any atom is -0.496 e. The second kappa shape index (κ2) is 15.5. The van der Waals surface area contributed by atoms with Crippen molar-refractivity contribution in [3.63, 3.8) is 0 Å². The van der Waals surface area contributed by atoms with Crippen LogP contribution in [0.1, 0.15) is 41.6 Å². The average Bonchev–Trinajstić information content (AvgIpc) is 3.14. The lowest BCUT2D eigenvalue weighted by Gasteiger charge is -2.41. The molecule has 48 heavy (non-hydrogen) atoms. The molecule has 0 saturated carbocycles. The lowest BCUT2D eigenvalue weighted by atomic mass is 9.91. The summed E-state index contributed by atoms with van der Waals surface area (Å²) >= 11 is 1.71. The van der Waals surface area contributed by atoms with Gasteiger partial charge in [0.1, 0.15) is 5.75 Å². The zero-order valence-electron chi connectivity index (χ0n) is 26.9. The molecule has 0 radical (unpaired) electrons. The van der Waals surface area contributed by atoms with Crippen LogP contribution in [-0.4, -0.2) is 32.5 Å². The van der Waals surface area contributed by atoms with E-state index in [2.05, 4.69) is 17.7 Å². The van der Waals surface area contributed by atoms with Gasteiger partial charge in [-0.1, -0.05) is 104 Å². The van der Waals surface area contributed by atoms with Crippen LogP contribution < -0.4 is 9.46 Å². The third kappa shape index (κ3) is 8.01. The molecule has 9 heteroatoms. The Morgan fingerprint density at radius 2 is 1.48 bits per heavy atom. The molecule has 6 rings (SSSR count). The van der Waals surface area contributed by atoms with Gasteiger partial charge in [-0.2, -0.15) is 0 Å². The van der Waals surface area contributed by atoms with Crippen LogP contribution in [0.4, 0.5) is 0 Å². The Bertz CT molecular complexity index is 1900. The van der Waals surface area contributed by atoms with Crippen LogP contribution in [0, 0.1) is 5.92 Å². The van der Waals surface area contributed by atoms with E-state index in [9.17, 15) is 13.5 Å². The van der Waals surface area contributed by atoms with Crippen LogP contribution in [0.3, 0.4) is 0 Å². The molecule has 0 aromatic heterocycles. The van der Waals surface area contributed by atoms with Crippen molar-refractivity contribution in [2.75, 3.05) is 12.9 Å². The van der Waals surface area contributed by atoms with Gasteiger partial charge in [0.05, 0.1) is 30.8 Å². The number of nitrogens with one attached hydrogen (secondary N) is 1. The Labute approximate surface area is 287 Å². The number of hydrogen-bond donors (Lipinski definition) is 2. The van der Waals surface area contributed by atoms with E-state index < -0.39 is 16.3 Å². The van der Waals surface area contributed by atoms with E-state index in [1.165, 1.54) is 0 Å². The lowest BCUT2D eigenvalue weighted by Crippen LogP contribution is -2.38. The van der Waals surface area contributed by atoms with Crippen LogP contribution in [0.5, 0.6) is 5.75 Å². The van der Waals surface area contributed by atoms with Crippen molar-refractivity contribution in [3.8, 4) is 16.9 Å². The van der Waals surface area contributed by atoms with E-state index in [-0.39, 0.29) is 36.2 Å². The Balaban J connectivity index is 1.20. The number of sulfonamides is 1. The summed E-state index contributed by atoms with van der Waals surface area (Å²) in [6, 6.07) is 40.2. The van der Waals surface area contributed by atoms with Gasteiger partial charge >= 0.3 is 0 Å². The number of methoxy groups -OCH3 is 1. The molecule has 1 heterocycles. The van der Waals surface area contributed by atoms with Gasteiger partial charge in [-0.25, -0.2) is 13.1 Å². The van der Waals surface area contributed by atoms with E-state index >= 15 is 0 Å². The topological polar surface area (TPSA) is 94.1 Å². The first-order valence-corrected chi connectivity index (χ1v) is 18.3. The monoisotopic (exact) mass is 681 g/mol. The molecule has 1 aliphatic rings. The Morgan fingerprint density at radius 1 is 0.771 bits per heavy atom. The van der Waals surface area contributed by atoms with E-state index in [1.54, 1.807) is 49.2 Å². The number of thioether (sulfide) groups is 1. The summed E-state index contributed by atoms with van der Waals surface area (Å²) in [7, 11) is -1.93. The zero-order valence-corrected chi connectivity index (χ0v) is 28.5. The van der Waals surface area contributed by atoms with Gasteiger partial charge in [-0.15, -0.1) is 11.8 Å². The fraction of sp³-hybridized carbons (Fsp3) is 0.231. The van der Waals surface area contributed by atoms with E-state index in [0.29, 0.717) is 5.75 Å². The number of ether oxygens (including phenoxy) is 3. The molecule has 2 N–H and O–H groups in total. The number of para-hydroxylation sites is 1. The highest BCUT2D eigenvalue weighted by atomic mass is 32.2. The van der Waals surface area contributed by atoms with Crippen molar-refractivity contribution in [3.05, 3.63) is 150 Å². The van der Waals surface area contributed by atoms with E-state index in [1.807, 2.05) is 91.0 Å². The largest absolute Gasteiger partial charge is 0.496 e.